The van der Waals surface area contributed by atoms with E-state index in [1.165, 1.54) is 34.6 Å². The van der Waals surface area contributed by atoms with Crippen LogP contribution in [-0.2, 0) is 71.5 Å². The Kier molecular flexibility index (Phi) is 74.5. The quantitative estimate of drug-likeness (QED) is 0.0280. The maximum Gasteiger partial charge on any atom is 0.303 e. The van der Waals surface area contributed by atoms with Crippen molar-refractivity contribution in [1.29, 1.82) is 0 Å². The number of nitrogens with one attached hydrogen (secondary N) is 4. The van der Waals surface area contributed by atoms with Gasteiger partial charge in [0, 0.05) is 157 Å². The zero-order valence-electron chi connectivity index (χ0n) is 108. The Morgan fingerprint density at radius 2 is 0.539 bits per heavy atom. The fourth-order valence-electron chi connectivity index (χ4n) is 14.4. The molecule has 0 atom stereocenters. The molecule has 0 aliphatic heterocycles. The Bertz CT molecular complexity index is 2800. The monoisotopic (exact) mass is 1880 g/mol. The van der Waals surface area contributed by atoms with Gasteiger partial charge in [-0.05, 0) is 204 Å². The zero-order chi connectivity index (χ0) is 116. The van der Waals surface area contributed by atoms with Gasteiger partial charge < -0.3 is 73.9 Å². The molecule has 128 heavy (non-hydrogen) atoms. The zero-order valence-corrected chi connectivity index (χ0v) is 84.9. The number of Topliss-reactive ketones (excluding diaryl/α,β-unsaturated/α-hetero) is 2. The molecular formula is C108H224N4O16. The van der Waals surface area contributed by atoms with E-state index in [0.717, 1.165) is 199 Å². The van der Waals surface area contributed by atoms with Crippen molar-refractivity contribution in [3.05, 3.63) is 0 Å². The molecule has 5 N–H and O–H groups in total. The fourth-order valence-corrected chi connectivity index (χ4v) is 14.4. The number of hydrogen-bond donors (Lipinski definition) is 5. The van der Waals surface area contributed by atoms with Crippen molar-refractivity contribution in [3.63, 3.8) is 0 Å². The molecule has 0 saturated heterocycles. The molecule has 0 heterocycles. The lowest BCUT2D eigenvalue weighted by Crippen LogP contribution is -2.47. The molecule has 0 aromatic carbocycles. The summed E-state index contributed by atoms with van der Waals surface area (Å²) in [5, 5.41) is 21.0. The third-order valence-electron chi connectivity index (χ3n) is 20.5. The van der Waals surface area contributed by atoms with E-state index >= 15 is 0 Å². The van der Waals surface area contributed by atoms with E-state index < -0.39 is 22.0 Å². The van der Waals surface area contributed by atoms with E-state index in [1.54, 1.807) is 20.8 Å². The van der Waals surface area contributed by atoms with Crippen molar-refractivity contribution in [2.75, 3.05) is 112 Å². The Morgan fingerprint density at radius 3 is 0.844 bits per heavy atom. The van der Waals surface area contributed by atoms with Gasteiger partial charge in [0.25, 0.3) is 0 Å². The highest BCUT2D eigenvalue weighted by atomic mass is 16.6. The Labute approximate surface area is 827 Å². The van der Waals surface area contributed by atoms with Gasteiger partial charge in [-0.3, -0.25) is 24.0 Å². The summed E-state index contributed by atoms with van der Waals surface area (Å²) < 4.78 is 209. The topological polar surface area (TPSA) is 262 Å². The second kappa shape index (κ2) is 96.5. The van der Waals surface area contributed by atoms with Crippen molar-refractivity contribution < 1.29 is 108 Å². The van der Waals surface area contributed by atoms with Crippen molar-refractivity contribution in [2.45, 2.75) is 515 Å². The number of ketones is 2. The summed E-state index contributed by atoms with van der Waals surface area (Å²) in [6.07, 6.45) is 32.7. The molecule has 4 amide bonds. The Hall–Kier alpha value is -3.63. The highest BCUT2D eigenvalue weighted by Crippen LogP contribution is 2.39. The largest absolute Gasteiger partial charge is 0.460 e. The highest BCUT2D eigenvalue weighted by molar-refractivity contribution is 5.77. The second-order valence-electron chi connectivity index (χ2n) is 35.0. The van der Waals surface area contributed by atoms with Crippen LogP contribution >= 0.6 is 0 Å². The van der Waals surface area contributed by atoms with Crippen LogP contribution in [0.25, 0.3) is 0 Å². The van der Waals surface area contributed by atoms with Gasteiger partial charge >= 0.3 is 5.97 Å². The van der Waals surface area contributed by atoms with Gasteiger partial charge in [0.05, 0.1) is 56.3 Å². The van der Waals surface area contributed by atoms with E-state index in [4.69, 9.17) is 69.4 Å². The van der Waals surface area contributed by atoms with Crippen LogP contribution in [0.5, 0.6) is 0 Å². The third-order valence-corrected chi connectivity index (χ3v) is 20.5. The molecule has 0 spiro atoms. The molecule has 0 aliphatic carbocycles. The number of carbonyl (C=O) groups excluding carboxylic acids is 7. The van der Waals surface area contributed by atoms with Gasteiger partial charge in [-0.25, -0.2) is 0 Å². The van der Waals surface area contributed by atoms with Crippen LogP contribution in [0.15, 0.2) is 0 Å². The van der Waals surface area contributed by atoms with Gasteiger partial charge in [-0.2, -0.15) is 0 Å². The molecule has 0 aromatic heterocycles. The van der Waals surface area contributed by atoms with Gasteiger partial charge in [-0.15, -0.1) is 0 Å². The molecule has 0 radical (unpaired) electrons. The smallest absolute Gasteiger partial charge is 0.303 e. The Balaban J connectivity index is -0.000000217. The average Bonchev–Trinajstić information content (AvgIpc) is 0.855. The van der Waals surface area contributed by atoms with Crippen molar-refractivity contribution in [1.82, 2.24) is 21.3 Å². The number of aliphatic hydroxyl groups is 1. The summed E-state index contributed by atoms with van der Waals surface area (Å²) in [4.78, 5) is 77.9. The first-order valence-corrected chi connectivity index (χ1v) is 47.7. The third kappa shape index (κ3) is 95.5. The van der Waals surface area contributed by atoms with E-state index in [-0.39, 0.29) is 63.0 Å². The summed E-state index contributed by atoms with van der Waals surface area (Å²) >= 11 is 0. The van der Waals surface area contributed by atoms with Crippen molar-refractivity contribution >= 4 is 41.2 Å². The van der Waals surface area contributed by atoms with E-state index in [0.29, 0.717) is 341 Å². The molecule has 772 valence electrons. The van der Waals surface area contributed by atoms with E-state index in [9.17, 15) is 38.7 Å². The van der Waals surface area contributed by atoms with Crippen LogP contribution in [0.3, 0.4) is 0 Å². The molecular weight excluding hydrogens is 1610 g/mol. The second-order valence-corrected chi connectivity index (χ2v) is 35.0. The molecule has 0 bridgehead atoms. The molecule has 0 unspecified atom stereocenters. The molecule has 0 rings (SSSR count). The normalized spacial score (nSPS) is 13.9. The predicted octanol–water partition coefficient (Wildman–Crippen LogP) is 27.6. The fraction of sp³-hybridized carbons (Fsp3) is 0.935. The maximum absolute atomic E-state index is 11.7. The van der Waals surface area contributed by atoms with Crippen LogP contribution in [0.2, 0.25) is 0 Å². The highest BCUT2D eigenvalue weighted by Gasteiger charge is 2.36. The standard InChI is InChI=1S/C16H33NO4.C16H32O4.C13H27NO.C13H26O.C11H23NO.C11H24O.C10H21NO.C10H20O2.C8H18O/c1-5-8-19-12-16(11-17-15(4)18,13-20-9-6-2)14-21-10-7-3;1-5-8-18-12-16(11-15(4)17,13-19-9-6-2)14-20-10-7-3;1-5-8-13(9-6-2,10-7-3)11-14-12(4)15;1-5-8-13(9-6-2,10-7-3)11-12(4)14;1-5-7-11(4,8-6-2)9-12-10(3)13;1-5-8-11(4,9-6-2)12-10-7-3;1-4-6-10(7-5-2)8-11-9(3)12;1-5-7-10(4,8-6-2)12-9(3)11;1-4-6-8(3,9)7-5-2/h5-14H2,1-4H3,(H,17,18);5-14H2,1-4H3;5-11H2,1-4H3,(H,14,15);5-11H2,1-4H3;5-9H2,1-4H3,(H,12,13);5-10H2,1-4H3;10H,4-8H2,1-3H3,(H,11,12);5-8H2,1-4H3;9H,4-7H2,1-3H3/i4*1T,2T,3T;1T,2T;1T,2T,3T;3*1T,2T. The minimum absolute atomic E-state index is 0.00188. The van der Waals surface area contributed by atoms with Crippen LogP contribution < -0.4 is 21.3 Å². The summed E-state index contributed by atoms with van der Waals surface area (Å²) in [7, 11) is 0. The lowest BCUT2D eigenvalue weighted by atomic mass is 9.72. The number of rotatable bonds is 72. The summed E-state index contributed by atoms with van der Waals surface area (Å²) in [5.74, 6) is 0.291. The molecule has 20 heteroatoms. The SMILES string of the molecule is [3H]CCCC(C)(CCC[3H])CNC(C)=O.[3H]CCCC(C)(CCC[3H])OC(C)=O.[3H]CCCC(C)(O)CCC[3H].[3H]CCCC(CCC[3H])(CCC[3H])CC(C)=O.[3H]CCCC(CCC[3H])(CCC[3H])CNC(C)=O.[3H]CCCC(CCC[3H])CNC(C)=O.[3H]CCCOC(C)(CCC[3H])CCC[3H].[3H]CCCOCC(CNC(C)=O)(COCCC[3H])COCCC[3H].[3H]CCCOCC(COCCC[3H])(COCCC[3H])CC(C)=O. The van der Waals surface area contributed by atoms with Crippen LogP contribution in [-0.4, -0.2) is 175 Å². The number of ether oxygens (including phenoxy) is 8. The molecule has 0 aromatic rings. The lowest BCUT2D eigenvalue weighted by Gasteiger charge is -2.33. The number of esters is 1. The van der Waals surface area contributed by atoms with Crippen LogP contribution in [0.1, 0.15) is 530 Å². The Morgan fingerprint density at radius 1 is 0.281 bits per heavy atom. The maximum atomic E-state index is 11.7. The van der Waals surface area contributed by atoms with Crippen LogP contribution in [0, 0.1) is 33.0 Å². The minimum Gasteiger partial charge on any atom is -0.460 e. The summed E-state index contributed by atoms with van der Waals surface area (Å²) in [6, 6.07) is 0. The van der Waals surface area contributed by atoms with E-state index in [1.807, 2.05) is 6.92 Å². The predicted molar refractivity (Wildman–Crippen MR) is 547 cm³/mol. The molecule has 0 saturated carbocycles. The molecule has 0 aliphatic rings. The van der Waals surface area contributed by atoms with Gasteiger partial charge in [-0.1, -0.05) is 268 Å². The first kappa shape index (κ1) is 98.9. The lowest BCUT2D eigenvalue weighted by molar-refractivity contribution is -0.156. The van der Waals surface area contributed by atoms with Gasteiger partial charge in [0.15, 0.2) is 0 Å². The summed E-state index contributed by atoms with van der Waals surface area (Å²) in [6.45, 7) is 35.5. The van der Waals surface area contributed by atoms with Crippen molar-refractivity contribution in [3.8, 4) is 0 Å². The number of hydrogen-bond acceptors (Lipinski definition) is 16. The molecule has 0 fully saturated rings. The number of amides is 4. The summed E-state index contributed by atoms with van der Waals surface area (Å²) in [5.41, 5.74) is -2.28. The van der Waals surface area contributed by atoms with Crippen molar-refractivity contribution in [2.24, 2.45) is 33.0 Å². The van der Waals surface area contributed by atoms with Gasteiger partial charge in [0.2, 0.25) is 23.6 Å². The minimum atomic E-state index is -0.637. The first-order chi connectivity index (χ1) is 72.0. The molecule has 20 nitrogen and oxygen atoms in total. The number of carbonyl (C=O) groups is 7. The van der Waals surface area contributed by atoms with Crippen LogP contribution in [0.4, 0.5) is 0 Å². The van der Waals surface area contributed by atoms with E-state index in [2.05, 4.69) is 35.1 Å². The van der Waals surface area contributed by atoms with Gasteiger partial charge in [0.1, 0.15) is 17.2 Å². The first-order valence-electron chi connectivity index (χ1n) is 64.0. The average molecular weight is 1880 g/mol.